The molecule has 5 heteroatoms. The maximum absolute atomic E-state index is 9.89. The van der Waals surface area contributed by atoms with Crippen LogP contribution in [0.3, 0.4) is 0 Å². The third-order valence-corrected chi connectivity index (χ3v) is 0. The predicted molar refractivity (Wildman–Crippen MR) is 6.86 cm³/mol. The van der Waals surface area contributed by atoms with E-state index in [0.29, 0.717) is 0 Å². The van der Waals surface area contributed by atoms with Crippen LogP contribution in [-0.4, -0.2) is 7.40 Å². The first-order valence-corrected chi connectivity index (χ1v) is 0.690. The summed E-state index contributed by atoms with van der Waals surface area (Å²) in [5.74, 6) is 0. The third kappa shape index (κ3) is 91.2. The molecule has 0 aromatic rings. The van der Waals surface area contributed by atoms with Crippen LogP contribution in [0.15, 0.2) is 0 Å². The second-order valence-electron chi connectivity index (χ2n) is 0.274. The van der Waals surface area contributed by atoms with E-state index in [4.69, 9.17) is 10.0 Å². The Kier molecular flexibility index (Phi) is 8.36. The van der Waals surface area contributed by atoms with Gasteiger partial charge in [0, 0.05) is 0 Å². The Bertz CT molecular complexity index is 14.4. The smallest absolute Gasteiger partial charge is 0.867 e. The van der Waals surface area contributed by atoms with Crippen molar-refractivity contribution in [2.45, 2.75) is 0 Å². The summed E-state index contributed by atoms with van der Waals surface area (Å²) in [7, 11) is -3.17. The average molecular weight is 168 g/mol. The second kappa shape index (κ2) is 4.58. The Hall–Kier alpha value is 0.577. The molecule has 0 amide bonds. The summed E-state index contributed by atoms with van der Waals surface area (Å²) in [5.41, 5.74) is 0. The summed E-state index contributed by atoms with van der Waals surface area (Å²) in [6.07, 6.45) is 0. The van der Waals surface area contributed by atoms with Crippen molar-refractivity contribution < 1.29 is 34.8 Å². The van der Waals surface area contributed by atoms with E-state index < -0.39 is 7.40 Å². The molecular formula is BFO2Pd. The Labute approximate surface area is 42.8 Å². The summed E-state index contributed by atoms with van der Waals surface area (Å²) in [4.78, 5) is 0. The molecule has 32 valence electrons. The van der Waals surface area contributed by atoms with Gasteiger partial charge >= 0.3 is 20.4 Å². The number of halogens is 1. The molecule has 0 aromatic heterocycles. The van der Waals surface area contributed by atoms with Gasteiger partial charge in [-0.15, -0.1) is 0 Å². The van der Waals surface area contributed by atoms with Gasteiger partial charge < -0.3 is 14.4 Å². The Morgan fingerprint density at radius 3 is 1.40 bits per heavy atom. The van der Waals surface area contributed by atoms with Crippen LogP contribution in [0.5, 0.6) is 0 Å². The van der Waals surface area contributed by atoms with Gasteiger partial charge in [0.2, 0.25) is 0 Å². The van der Waals surface area contributed by atoms with Crippen LogP contribution < -0.4 is 10.0 Å². The molecule has 0 radical (unpaired) electrons. The minimum atomic E-state index is -3.17. The van der Waals surface area contributed by atoms with E-state index in [1.54, 1.807) is 0 Å². The van der Waals surface area contributed by atoms with Crippen LogP contribution >= 0.6 is 0 Å². The standard InChI is InChI=1S/BFO2.Pd/c2-1(3)4;/q-2;+2. The largest absolute Gasteiger partial charge is 2.00 e. The molecular weight excluding hydrogens is 168 g/mol. The predicted octanol–water partition coefficient (Wildman–Crippen LogP) is -2.34. The maximum Gasteiger partial charge on any atom is 2.00 e. The summed E-state index contributed by atoms with van der Waals surface area (Å²) in [6.45, 7) is 0. The molecule has 0 spiro atoms. The van der Waals surface area contributed by atoms with Crippen molar-refractivity contribution >= 4 is 7.40 Å². The van der Waals surface area contributed by atoms with E-state index in [1.165, 1.54) is 0 Å². The molecule has 0 saturated carbocycles. The third-order valence-electron chi connectivity index (χ3n) is 0. The topological polar surface area (TPSA) is 46.1 Å². The van der Waals surface area contributed by atoms with Crippen molar-refractivity contribution in [2.24, 2.45) is 0 Å². The van der Waals surface area contributed by atoms with Gasteiger partial charge in [-0.2, -0.15) is 0 Å². The quantitative estimate of drug-likeness (QED) is 0.380. The van der Waals surface area contributed by atoms with Crippen LogP contribution in [0, 0.1) is 0 Å². The molecule has 0 saturated heterocycles. The maximum atomic E-state index is 9.89. The fourth-order valence-corrected chi connectivity index (χ4v) is 0. The molecule has 0 heterocycles. The second-order valence-corrected chi connectivity index (χ2v) is 0.274. The summed E-state index contributed by atoms with van der Waals surface area (Å²) >= 11 is 0. The number of hydrogen-bond donors (Lipinski definition) is 0. The van der Waals surface area contributed by atoms with Gasteiger partial charge in [-0.25, -0.2) is 0 Å². The normalized spacial score (nSPS) is 5.40. The zero-order valence-electron chi connectivity index (χ0n) is 2.09. The summed E-state index contributed by atoms with van der Waals surface area (Å²) in [5, 5.41) is 16.6. The fraction of sp³-hybridized carbons (Fsp3) is 0. The van der Waals surface area contributed by atoms with Crippen LogP contribution in [0.4, 0.5) is 4.32 Å². The molecule has 0 aliphatic heterocycles. The molecule has 5 heavy (non-hydrogen) atoms. The molecule has 0 aromatic carbocycles. The van der Waals surface area contributed by atoms with Crippen molar-refractivity contribution in [2.75, 3.05) is 0 Å². The van der Waals surface area contributed by atoms with Crippen molar-refractivity contribution in [3.05, 3.63) is 0 Å². The van der Waals surface area contributed by atoms with Gasteiger partial charge in [0.15, 0.2) is 0 Å². The first-order chi connectivity index (χ1) is 1.73. The molecule has 0 bridgehead atoms. The number of hydrogen-bond acceptors (Lipinski definition) is 2. The molecule has 0 rings (SSSR count). The van der Waals surface area contributed by atoms with Gasteiger partial charge in [-0.05, 0) is 0 Å². The zero-order valence-corrected chi connectivity index (χ0v) is 3.64. The molecule has 0 unspecified atom stereocenters. The van der Waals surface area contributed by atoms with Crippen molar-refractivity contribution in [3.8, 4) is 0 Å². The van der Waals surface area contributed by atoms with Gasteiger partial charge in [0.05, 0.1) is 0 Å². The van der Waals surface area contributed by atoms with E-state index in [-0.39, 0.29) is 20.4 Å². The molecule has 0 fully saturated rings. The van der Waals surface area contributed by atoms with Gasteiger partial charge in [-0.1, -0.05) is 0 Å². The Morgan fingerprint density at radius 2 is 1.40 bits per heavy atom. The first kappa shape index (κ1) is 9.13. The minimum absolute atomic E-state index is 0. The molecule has 0 N–H and O–H groups in total. The van der Waals surface area contributed by atoms with Gasteiger partial charge in [0.25, 0.3) is 0 Å². The Morgan fingerprint density at radius 1 is 1.40 bits per heavy atom. The van der Waals surface area contributed by atoms with Crippen molar-refractivity contribution in [3.63, 3.8) is 0 Å². The fourth-order valence-electron chi connectivity index (χ4n) is 0. The number of rotatable bonds is 0. The van der Waals surface area contributed by atoms with E-state index in [2.05, 4.69) is 0 Å². The van der Waals surface area contributed by atoms with Crippen LogP contribution in [0.25, 0.3) is 0 Å². The van der Waals surface area contributed by atoms with Gasteiger partial charge in [-0.3, -0.25) is 0 Å². The molecule has 0 aliphatic rings. The van der Waals surface area contributed by atoms with Crippen LogP contribution in [0.2, 0.25) is 0 Å². The van der Waals surface area contributed by atoms with Crippen molar-refractivity contribution in [1.82, 2.24) is 0 Å². The monoisotopic (exact) mass is 168 g/mol. The average Bonchev–Trinajstić information content (AvgIpc) is 0.811. The SMILES string of the molecule is [O-]B([O-])F.[Pd+2]. The van der Waals surface area contributed by atoms with E-state index in [1.807, 2.05) is 0 Å². The molecule has 0 atom stereocenters. The Balaban J connectivity index is 0. The molecule has 0 aliphatic carbocycles. The van der Waals surface area contributed by atoms with E-state index in [0.717, 1.165) is 0 Å². The van der Waals surface area contributed by atoms with Crippen molar-refractivity contribution in [1.29, 1.82) is 0 Å². The van der Waals surface area contributed by atoms with Gasteiger partial charge in [0.1, 0.15) is 7.40 Å². The van der Waals surface area contributed by atoms with Crippen LogP contribution in [0.1, 0.15) is 0 Å². The molecule has 2 nitrogen and oxygen atoms in total. The summed E-state index contributed by atoms with van der Waals surface area (Å²) < 4.78 is 9.89. The van der Waals surface area contributed by atoms with E-state index >= 15 is 0 Å². The first-order valence-electron chi connectivity index (χ1n) is 0.690. The summed E-state index contributed by atoms with van der Waals surface area (Å²) in [6, 6.07) is 0. The van der Waals surface area contributed by atoms with Crippen LogP contribution in [-0.2, 0) is 20.4 Å². The minimum Gasteiger partial charge on any atom is -0.867 e. The zero-order chi connectivity index (χ0) is 3.58. The van der Waals surface area contributed by atoms with E-state index in [9.17, 15) is 4.32 Å².